The predicted molar refractivity (Wildman–Crippen MR) is 82.0 cm³/mol. The first kappa shape index (κ1) is 15.6. The molecule has 1 amide bonds. The van der Waals surface area contributed by atoms with Crippen molar-refractivity contribution in [1.82, 2.24) is 25.5 Å². The van der Waals surface area contributed by atoms with Gasteiger partial charge in [0.05, 0.1) is 21.3 Å². The summed E-state index contributed by atoms with van der Waals surface area (Å²) in [4.78, 5) is 13.4. The fourth-order valence-corrected chi connectivity index (χ4v) is 1.80. The van der Waals surface area contributed by atoms with Crippen LogP contribution in [0.1, 0.15) is 10.4 Å². The number of amides is 1. The molecule has 1 heterocycles. The highest BCUT2D eigenvalue weighted by Crippen LogP contribution is 2.27. The smallest absolute Gasteiger partial charge is 0.269 e. The minimum atomic E-state index is -0.401. The van der Waals surface area contributed by atoms with Gasteiger partial charge in [0.1, 0.15) is 0 Å². The van der Waals surface area contributed by atoms with Gasteiger partial charge in [-0.3, -0.25) is 15.4 Å². The van der Waals surface area contributed by atoms with Crippen LogP contribution in [0.2, 0.25) is 0 Å². The van der Waals surface area contributed by atoms with Crippen LogP contribution in [0.25, 0.3) is 0 Å². The SMILES string of the molecule is COc1ccc(C(=O)NC(=S)Nc2nnn(C)n2)cc1OC. The molecule has 0 bridgehead atoms. The quantitative estimate of drug-likeness (QED) is 0.778. The second-order valence-corrected chi connectivity index (χ2v) is 4.49. The van der Waals surface area contributed by atoms with Gasteiger partial charge in [0.25, 0.3) is 11.9 Å². The number of anilines is 1. The van der Waals surface area contributed by atoms with Crippen LogP contribution >= 0.6 is 12.2 Å². The summed E-state index contributed by atoms with van der Waals surface area (Å²) in [6.07, 6.45) is 0. The first-order valence-corrected chi connectivity index (χ1v) is 6.52. The molecule has 0 unspecified atom stereocenters. The summed E-state index contributed by atoms with van der Waals surface area (Å²) in [6, 6.07) is 4.78. The van der Waals surface area contributed by atoms with E-state index in [1.165, 1.54) is 19.0 Å². The maximum atomic E-state index is 12.1. The molecule has 0 atom stereocenters. The number of rotatable bonds is 4. The lowest BCUT2D eigenvalue weighted by atomic mass is 10.2. The van der Waals surface area contributed by atoms with Crippen LogP contribution in [-0.4, -0.2) is 45.4 Å². The summed E-state index contributed by atoms with van der Waals surface area (Å²) < 4.78 is 10.3. The third kappa shape index (κ3) is 3.67. The number of aryl methyl sites for hydroxylation is 1. The number of nitrogens with one attached hydrogen (secondary N) is 2. The number of hydrogen-bond donors (Lipinski definition) is 2. The van der Waals surface area contributed by atoms with E-state index in [1.54, 1.807) is 25.2 Å². The van der Waals surface area contributed by atoms with Gasteiger partial charge in [0.15, 0.2) is 16.6 Å². The number of tetrazole rings is 1. The van der Waals surface area contributed by atoms with Crippen molar-refractivity contribution in [1.29, 1.82) is 0 Å². The summed E-state index contributed by atoms with van der Waals surface area (Å²) in [5.41, 5.74) is 0.369. The first-order chi connectivity index (χ1) is 10.5. The Labute approximate surface area is 131 Å². The molecule has 0 aliphatic carbocycles. The standard InChI is InChI=1S/C12H14N6O3S/c1-18-16-11(15-17-18)14-12(22)13-10(19)7-4-5-8(20-2)9(6-7)21-3/h4-6H,1-3H3,(H2,13,14,16,19,22). The van der Waals surface area contributed by atoms with E-state index in [0.717, 1.165) is 0 Å². The number of hydrogen-bond acceptors (Lipinski definition) is 7. The number of nitrogens with zero attached hydrogens (tertiary/aromatic N) is 4. The van der Waals surface area contributed by atoms with Gasteiger partial charge in [-0.15, -0.1) is 5.10 Å². The number of methoxy groups -OCH3 is 2. The van der Waals surface area contributed by atoms with Gasteiger partial charge in [-0.1, -0.05) is 5.10 Å². The average molecular weight is 322 g/mol. The van der Waals surface area contributed by atoms with E-state index in [-0.39, 0.29) is 11.1 Å². The first-order valence-electron chi connectivity index (χ1n) is 6.12. The average Bonchev–Trinajstić information content (AvgIpc) is 2.91. The van der Waals surface area contributed by atoms with Crippen molar-refractivity contribution in [2.24, 2.45) is 7.05 Å². The van der Waals surface area contributed by atoms with Crippen LogP contribution in [-0.2, 0) is 7.05 Å². The number of benzene rings is 1. The Morgan fingerprint density at radius 3 is 2.59 bits per heavy atom. The lowest BCUT2D eigenvalue weighted by Crippen LogP contribution is -2.34. The van der Waals surface area contributed by atoms with E-state index < -0.39 is 5.91 Å². The summed E-state index contributed by atoms with van der Waals surface area (Å²) >= 11 is 5.02. The van der Waals surface area contributed by atoms with E-state index >= 15 is 0 Å². The molecule has 116 valence electrons. The summed E-state index contributed by atoms with van der Waals surface area (Å²) in [7, 11) is 4.62. The topological polar surface area (TPSA) is 103 Å². The lowest BCUT2D eigenvalue weighted by Gasteiger charge is -2.10. The van der Waals surface area contributed by atoms with Crippen molar-refractivity contribution in [3.05, 3.63) is 23.8 Å². The molecular formula is C12H14N6O3S. The van der Waals surface area contributed by atoms with Gasteiger partial charge >= 0.3 is 0 Å². The molecule has 9 nitrogen and oxygen atoms in total. The van der Waals surface area contributed by atoms with E-state index in [1.807, 2.05) is 0 Å². The van der Waals surface area contributed by atoms with Crippen LogP contribution in [0.5, 0.6) is 11.5 Å². The second-order valence-electron chi connectivity index (χ2n) is 4.08. The number of carbonyl (C=O) groups is 1. The molecule has 0 fully saturated rings. The molecule has 10 heteroatoms. The normalized spacial score (nSPS) is 9.95. The van der Waals surface area contributed by atoms with Crippen LogP contribution in [0.3, 0.4) is 0 Å². The number of thiocarbonyl (C=S) groups is 1. The number of ether oxygens (including phenoxy) is 2. The zero-order valence-electron chi connectivity index (χ0n) is 12.2. The van der Waals surface area contributed by atoms with Gasteiger partial charge in [-0.25, -0.2) is 0 Å². The highest BCUT2D eigenvalue weighted by molar-refractivity contribution is 7.80. The lowest BCUT2D eigenvalue weighted by molar-refractivity contribution is 0.0977. The van der Waals surface area contributed by atoms with Crippen LogP contribution in [0.15, 0.2) is 18.2 Å². The Hall–Kier alpha value is -2.75. The molecule has 0 radical (unpaired) electrons. The molecule has 0 aliphatic heterocycles. The third-order valence-electron chi connectivity index (χ3n) is 2.61. The zero-order chi connectivity index (χ0) is 16.1. The third-order valence-corrected chi connectivity index (χ3v) is 2.81. The van der Waals surface area contributed by atoms with E-state index in [9.17, 15) is 4.79 Å². The molecule has 1 aromatic carbocycles. The monoisotopic (exact) mass is 322 g/mol. The molecular weight excluding hydrogens is 308 g/mol. The van der Waals surface area contributed by atoms with Gasteiger partial charge in [0, 0.05) is 5.56 Å². The van der Waals surface area contributed by atoms with Crippen molar-refractivity contribution in [3.63, 3.8) is 0 Å². The Balaban J connectivity index is 2.03. The molecule has 2 rings (SSSR count). The van der Waals surface area contributed by atoms with Gasteiger partial charge in [0.2, 0.25) is 0 Å². The molecule has 0 saturated heterocycles. The van der Waals surface area contributed by atoms with Gasteiger partial charge in [-0.05, 0) is 35.6 Å². The maximum Gasteiger partial charge on any atom is 0.269 e. The summed E-state index contributed by atoms with van der Waals surface area (Å²) in [6.45, 7) is 0. The van der Waals surface area contributed by atoms with Crippen molar-refractivity contribution >= 4 is 29.2 Å². The highest BCUT2D eigenvalue weighted by Gasteiger charge is 2.13. The fraction of sp³-hybridized carbons (Fsp3) is 0.250. The summed E-state index contributed by atoms with van der Waals surface area (Å²) in [5.74, 6) is 0.774. The number of aromatic nitrogens is 4. The Kier molecular flexibility index (Phi) is 4.84. The predicted octanol–water partition coefficient (Wildman–Crippen LogP) is 0.354. The van der Waals surface area contributed by atoms with E-state index in [0.29, 0.717) is 17.1 Å². The van der Waals surface area contributed by atoms with Gasteiger partial charge in [-0.2, -0.15) is 4.80 Å². The molecule has 2 aromatic rings. The Morgan fingerprint density at radius 1 is 1.27 bits per heavy atom. The molecule has 0 spiro atoms. The second kappa shape index (κ2) is 6.80. The largest absolute Gasteiger partial charge is 0.493 e. The molecule has 0 aliphatic rings. The van der Waals surface area contributed by atoms with Crippen LogP contribution < -0.4 is 20.1 Å². The zero-order valence-corrected chi connectivity index (χ0v) is 13.0. The summed E-state index contributed by atoms with van der Waals surface area (Å²) in [5, 5.41) is 16.5. The minimum absolute atomic E-state index is 0.0628. The number of carbonyl (C=O) groups excluding carboxylic acids is 1. The Morgan fingerprint density at radius 2 is 2.00 bits per heavy atom. The fourth-order valence-electron chi connectivity index (χ4n) is 1.62. The van der Waals surface area contributed by atoms with Crippen molar-refractivity contribution in [2.75, 3.05) is 19.5 Å². The van der Waals surface area contributed by atoms with E-state index in [2.05, 4.69) is 26.0 Å². The van der Waals surface area contributed by atoms with Crippen molar-refractivity contribution in [2.45, 2.75) is 0 Å². The van der Waals surface area contributed by atoms with E-state index in [4.69, 9.17) is 21.7 Å². The van der Waals surface area contributed by atoms with Gasteiger partial charge < -0.3 is 9.47 Å². The highest BCUT2D eigenvalue weighted by atomic mass is 32.1. The molecule has 22 heavy (non-hydrogen) atoms. The van der Waals surface area contributed by atoms with Crippen molar-refractivity contribution in [3.8, 4) is 11.5 Å². The molecule has 2 N–H and O–H groups in total. The molecule has 0 saturated carbocycles. The maximum absolute atomic E-state index is 12.1. The van der Waals surface area contributed by atoms with Crippen LogP contribution in [0, 0.1) is 0 Å². The molecule has 1 aromatic heterocycles. The minimum Gasteiger partial charge on any atom is -0.493 e. The van der Waals surface area contributed by atoms with Crippen LogP contribution in [0.4, 0.5) is 5.95 Å². The van der Waals surface area contributed by atoms with Crippen molar-refractivity contribution < 1.29 is 14.3 Å². The Bertz CT molecular complexity index is 702.